The quantitative estimate of drug-likeness (QED) is 0.466. The Kier molecular flexibility index (Phi) is 9.50. The molecule has 0 saturated carbocycles. The molecule has 0 aromatic rings. The van der Waals surface area contributed by atoms with Crippen molar-refractivity contribution in [3.8, 4) is 0 Å². The molecule has 2 heteroatoms. The molecule has 0 aromatic heterocycles. The molecule has 0 bridgehead atoms. The van der Waals surface area contributed by atoms with Gasteiger partial charge < -0.3 is 4.74 Å². The molecule has 0 amide bonds. The molecule has 1 atom stereocenters. The van der Waals surface area contributed by atoms with Gasteiger partial charge in [0.2, 0.25) is 0 Å². The third kappa shape index (κ3) is 7.78. The van der Waals surface area contributed by atoms with E-state index in [9.17, 15) is 4.79 Å². The molecule has 0 fully saturated rings. The molecule has 0 radical (unpaired) electrons. The van der Waals surface area contributed by atoms with Crippen LogP contribution in [-0.2, 0) is 9.53 Å². The first kappa shape index (κ1) is 16.0. The third-order valence-electron chi connectivity index (χ3n) is 2.92. The largest absolute Gasteiger partial charge is 0.469 e. The van der Waals surface area contributed by atoms with Crippen molar-refractivity contribution < 1.29 is 9.53 Å². The molecule has 0 aliphatic heterocycles. The Labute approximate surface area is 106 Å². The van der Waals surface area contributed by atoms with Crippen molar-refractivity contribution in [1.29, 1.82) is 0 Å². The van der Waals surface area contributed by atoms with Gasteiger partial charge in [0.1, 0.15) is 0 Å². The third-order valence-corrected chi connectivity index (χ3v) is 2.92. The van der Waals surface area contributed by atoms with E-state index in [1.54, 1.807) is 0 Å². The molecule has 17 heavy (non-hydrogen) atoms. The second-order valence-electron chi connectivity index (χ2n) is 4.36. The van der Waals surface area contributed by atoms with Gasteiger partial charge >= 0.3 is 5.97 Å². The van der Waals surface area contributed by atoms with Crippen LogP contribution in [0, 0.1) is 5.92 Å². The van der Waals surface area contributed by atoms with Gasteiger partial charge in [0.25, 0.3) is 0 Å². The maximum Gasteiger partial charge on any atom is 0.305 e. The monoisotopic (exact) mass is 238 g/mol. The molecule has 0 N–H and O–H groups in total. The molecule has 0 saturated heterocycles. The second kappa shape index (κ2) is 10.1. The summed E-state index contributed by atoms with van der Waals surface area (Å²) in [5.74, 6) is 0.312. The summed E-state index contributed by atoms with van der Waals surface area (Å²) in [5.41, 5.74) is 1.30. The Morgan fingerprint density at radius 3 is 2.47 bits per heavy atom. The number of ether oxygens (including phenoxy) is 1. The number of allylic oxidation sites excluding steroid dienone is 4. The van der Waals surface area contributed by atoms with Crippen LogP contribution in [0.1, 0.15) is 52.9 Å². The van der Waals surface area contributed by atoms with Crippen molar-refractivity contribution in [3.05, 3.63) is 23.8 Å². The Bertz CT molecular complexity index is 264. The smallest absolute Gasteiger partial charge is 0.305 e. The van der Waals surface area contributed by atoms with Gasteiger partial charge in [-0.05, 0) is 32.6 Å². The molecule has 0 unspecified atom stereocenters. The highest BCUT2D eigenvalue weighted by Crippen LogP contribution is 2.22. The van der Waals surface area contributed by atoms with E-state index < -0.39 is 0 Å². The van der Waals surface area contributed by atoms with Crippen LogP contribution in [-0.4, -0.2) is 13.1 Å². The average molecular weight is 238 g/mol. The van der Waals surface area contributed by atoms with Crippen LogP contribution in [0.2, 0.25) is 0 Å². The summed E-state index contributed by atoms with van der Waals surface area (Å²) in [6.07, 6.45) is 11.2. The van der Waals surface area contributed by atoms with Crippen molar-refractivity contribution in [3.63, 3.8) is 0 Å². The predicted octanol–water partition coefficient (Wildman–Crippen LogP) is 4.27. The number of hydrogen-bond acceptors (Lipinski definition) is 2. The van der Waals surface area contributed by atoms with E-state index >= 15 is 0 Å². The Morgan fingerprint density at radius 1 is 1.29 bits per heavy atom. The van der Waals surface area contributed by atoms with Crippen LogP contribution in [0.15, 0.2) is 23.8 Å². The first-order chi connectivity index (χ1) is 8.17. The number of rotatable bonds is 8. The van der Waals surface area contributed by atoms with Gasteiger partial charge in [-0.15, -0.1) is 0 Å². The summed E-state index contributed by atoms with van der Waals surface area (Å²) in [4.78, 5) is 11.4. The molecule has 0 aliphatic rings. The van der Waals surface area contributed by atoms with Crippen molar-refractivity contribution in [1.82, 2.24) is 0 Å². The van der Waals surface area contributed by atoms with Gasteiger partial charge in [0.15, 0.2) is 0 Å². The Hall–Kier alpha value is -1.05. The SMILES string of the molecule is C/C=C\C(=C/C)C[C@@H](CCCC)CC(=O)OC. The van der Waals surface area contributed by atoms with Crippen LogP contribution in [0.4, 0.5) is 0 Å². The van der Waals surface area contributed by atoms with Gasteiger partial charge in [0, 0.05) is 6.42 Å². The predicted molar refractivity (Wildman–Crippen MR) is 72.8 cm³/mol. The molecule has 0 heterocycles. The normalized spacial score (nSPS) is 14.0. The summed E-state index contributed by atoms with van der Waals surface area (Å²) in [6.45, 7) is 6.24. The topological polar surface area (TPSA) is 26.3 Å². The van der Waals surface area contributed by atoms with E-state index in [0.717, 1.165) is 12.8 Å². The van der Waals surface area contributed by atoms with E-state index in [2.05, 4.69) is 19.1 Å². The highest BCUT2D eigenvalue weighted by molar-refractivity contribution is 5.69. The minimum absolute atomic E-state index is 0.0953. The fourth-order valence-corrected chi connectivity index (χ4v) is 1.92. The van der Waals surface area contributed by atoms with Gasteiger partial charge in [0.05, 0.1) is 7.11 Å². The summed E-state index contributed by atoms with van der Waals surface area (Å²) in [7, 11) is 1.46. The van der Waals surface area contributed by atoms with E-state index in [1.165, 1.54) is 25.5 Å². The van der Waals surface area contributed by atoms with Gasteiger partial charge in [-0.2, -0.15) is 0 Å². The van der Waals surface area contributed by atoms with Crippen LogP contribution in [0.25, 0.3) is 0 Å². The summed E-state index contributed by atoms with van der Waals surface area (Å²) in [6, 6.07) is 0. The lowest BCUT2D eigenvalue weighted by molar-refractivity contribution is -0.141. The molecule has 98 valence electrons. The van der Waals surface area contributed by atoms with E-state index in [-0.39, 0.29) is 5.97 Å². The van der Waals surface area contributed by atoms with Crippen LogP contribution in [0.3, 0.4) is 0 Å². The molecular formula is C15H26O2. The molecule has 0 spiro atoms. The van der Waals surface area contributed by atoms with Crippen molar-refractivity contribution in [2.24, 2.45) is 5.92 Å². The zero-order chi connectivity index (χ0) is 13.1. The van der Waals surface area contributed by atoms with Crippen LogP contribution >= 0.6 is 0 Å². The lowest BCUT2D eigenvalue weighted by atomic mass is 9.91. The van der Waals surface area contributed by atoms with Crippen LogP contribution in [0.5, 0.6) is 0 Å². The standard InChI is InChI=1S/C15H26O2/c1-5-8-10-14(12-15(16)17-4)11-13(7-3)9-6-2/h6-7,9,14H,5,8,10-12H2,1-4H3/b9-6-,13-7+/t14-/m1/s1. The first-order valence-electron chi connectivity index (χ1n) is 6.52. The average Bonchev–Trinajstić information content (AvgIpc) is 2.34. The summed E-state index contributed by atoms with van der Waals surface area (Å²) in [5, 5.41) is 0. The summed E-state index contributed by atoms with van der Waals surface area (Å²) < 4.78 is 4.76. The fraction of sp³-hybridized carbons (Fsp3) is 0.667. The Balaban J connectivity index is 4.40. The Morgan fingerprint density at radius 2 is 2.00 bits per heavy atom. The number of methoxy groups -OCH3 is 1. The zero-order valence-corrected chi connectivity index (χ0v) is 11.7. The highest BCUT2D eigenvalue weighted by atomic mass is 16.5. The van der Waals surface area contributed by atoms with Crippen molar-refractivity contribution >= 4 is 5.97 Å². The first-order valence-corrected chi connectivity index (χ1v) is 6.52. The maximum absolute atomic E-state index is 11.4. The minimum Gasteiger partial charge on any atom is -0.469 e. The number of carbonyl (C=O) groups is 1. The van der Waals surface area contributed by atoms with Gasteiger partial charge in [-0.1, -0.05) is 43.6 Å². The summed E-state index contributed by atoms with van der Waals surface area (Å²) >= 11 is 0. The van der Waals surface area contributed by atoms with Crippen LogP contribution < -0.4 is 0 Å². The van der Waals surface area contributed by atoms with Crippen molar-refractivity contribution in [2.45, 2.75) is 52.9 Å². The minimum atomic E-state index is -0.0953. The maximum atomic E-state index is 11.4. The number of unbranched alkanes of at least 4 members (excludes halogenated alkanes) is 1. The van der Waals surface area contributed by atoms with E-state index in [0.29, 0.717) is 12.3 Å². The lowest BCUT2D eigenvalue weighted by Gasteiger charge is -2.15. The van der Waals surface area contributed by atoms with Gasteiger partial charge in [-0.3, -0.25) is 4.79 Å². The molecule has 0 rings (SSSR count). The van der Waals surface area contributed by atoms with Crippen molar-refractivity contribution in [2.75, 3.05) is 7.11 Å². The number of carbonyl (C=O) groups excluding carboxylic acids is 1. The second-order valence-corrected chi connectivity index (χ2v) is 4.36. The molecular weight excluding hydrogens is 212 g/mol. The fourth-order valence-electron chi connectivity index (χ4n) is 1.92. The number of esters is 1. The van der Waals surface area contributed by atoms with Gasteiger partial charge in [-0.25, -0.2) is 0 Å². The lowest BCUT2D eigenvalue weighted by Crippen LogP contribution is -2.10. The zero-order valence-electron chi connectivity index (χ0n) is 11.7. The molecule has 0 aliphatic carbocycles. The molecule has 2 nitrogen and oxygen atoms in total. The van der Waals surface area contributed by atoms with E-state index in [1.807, 2.05) is 19.9 Å². The number of hydrogen-bond donors (Lipinski definition) is 0. The highest BCUT2D eigenvalue weighted by Gasteiger charge is 2.14. The van der Waals surface area contributed by atoms with E-state index in [4.69, 9.17) is 4.74 Å². The molecule has 0 aromatic carbocycles.